The van der Waals surface area contributed by atoms with Crippen LogP contribution in [0.1, 0.15) is 5.82 Å². The first kappa shape index (κ1) is 24.1. The number of hydrogen-bond acceptors (Lipinski definition) is 8. The molecule has 37 heavy (non-hydrogen) atoms. The third-order valence-corrected chi connectivity index (χ3v) is 7.79. The molecule has 1 fully saturated rings. The van der Waals surface area contributed by atoms with Gasteiger partial charge in [0, 0.05) is 59.6 Å². The van der Waals surface area contributed by atoms with E-state index in [9.17, 15) is 0 Å². The van der Waals surface area contributed by atoms with Gasteiger partial charge < -0.3 is 19.4 Å². The van der Waals surface area contributed by atoms with Crippen LogP contribution in [0, 0.1) is 0 Å². The van der Waals surface area contributed by atoms with E-state index in [1.54, 1.807) is 26.4 Å². The van der Waals surface area contributed by atoms with Crippen molar-refractivity contribution in [2.75, 3.05) is 43.7 Å². The molecule has 0 amide bonds. The van der Waals surface area contributed by atoms with Crippen LogP contribution in [0.25, 0.3) is 33.2 Å². The van der Waals surface area contributed by atoms with Crippen molar-refractivity contribution in [3.05, 3.63) is 52.7 Å². The summed E-state index contributed by atoms with van der Waals surface area (Å²) in [5.74, 6) is 4.87. The summed E-state index contributed by atoms with van der Waals surface area (Å²) in [5, 5.41) is 6.85. The molecule has 4 aromatic heterocycles. The van der Waals surface area contributed by atoms with Crippen molar-refractivity contribution >= 4 is 62.8 Å². The van der Waals surface area contributed by atoms with Crippen LogP contribution in [-0.2, 0) is 6.54 Å². The highest BCUT2D eigenvalue weighted by molar-refractivity contribution is 7.99. The number of halogens is 2. The molecule has 0 saturated carbocycles. The van der Waals surface area contributed by atoms with E-state index in [-0.39, 0.29) is 0 Å². The van der Waals surface area contributed by atoms with Crippen molar-refractivity contribution in [1.82, 2.24) is 29.7 Å². The molecule has 5 aromatic rings. The molecule has 0 unspecified atom stereocenters. The average molecular weight is 556 g/mol. The zero-order valence-corrected chi connectivity index (χ0v) is 22.5. The number of fused-ring (bicyclic) bond motifs is 2. The van der Waals surface area contributed by atoms with E-state index in [1.165, 1.54) is 0 Å². The molecule has 190 valence electrons. The minimum absolute atomic E-state index is 0.405. The first-order valence-electron chi connectivity index (χ1n) is 11.7. The number of nitrogens with zero attached hydrogens (tertiary/aromatic N) is 6. The largest absolute Gasteiger partial charge is 0.493 e. The molecule has 1 aromatic carbocycles. The zero-order valence-electron chi connectivity index (χ0n) is 20.2. The summed E-state index contributed by atoms with van der Waals surface area (Å²) in [4.78, 5) is 19.4. The van der Waals surface area contributed by atoms with Crippen molar-refractivity contribution < 1.29 is 9.47 Å². The summed E-state index contributed by atoms with van der Waals surface area (Å²) in [6.45, 7) is 2.27. The molecular formula is C25H23Cl2N7O2S. The molecule has 0 radical (unpaired) electrons. The number of methoxy groups -OCH3 is 2. The number of thioether (sulfide) groups is 1. The number of ether oxygens (including phenoxy) is 2. The Hall–Kier alpha value is -3.21. The molecule has 12 heteroatoms. The summed E-state index contributed by atoms with van der Waals surface area (Å²) in [7, 11) is 3.19. The number of aromatic amines is 1. The van der Waals surface area contributed by atoms with E-state index < -0.39 is 0 Å². The van der Waals surface area contributed by atoms with Gasteiger partial charge in [0.1, 0.15) is 16.5 Å². The van der Waals surface area contributed by atoms with Crippen molar-refractivity contribution in [3.63, 3.8) is 0 Å². The van der Waals surface area contributed by atoms with Crippen LogP contribution in [0.3, 0.4) is 0 Å². The third kappa shape index (κ3) is 4.54. The minimum atomic E-state index is 0.405. The molecule has 0 aliphatic carbocycles. The maximum atomic E-state index is 6.72. The number of aromatic nitrogens is 6. The molecule has 1 N–H and O–H groups in total. The monoisotopic (exact) mass is 555 g/mol. The number of anilines is 1. The van der Waals surface area contributed by atoms with Gasteiger partial charge in [0.2, 0.25) is 0 Å². The summed E-state index contributed by atoms with van der Waals surface area (Å²) in [6, 6.07) is 7.24. The Labute approximate surface area is 227 Å². The van der Waals surface area contributed by atoms with E-state index in [0.717, 1.165) is 63.8 Å². The highest BCUT2D eigenvalue weighted by Crippen LogP contribution is 2.41. The number of benzene rings is 1. The van der Waals surface area contributed by atoms with E-state index in [0.29, 0.717) is 33.9 Å². The van der Waals surface area contributed by atoms with E-state index in [2.05, 4.69) is 19.9 Å². The SMILES string of the molecule is COc1cc(Cl)c(-c2cnc(N3CCSCC3)c3nn(Cc4nc5nc(Cl)ccc5[nH]4)cc23)cc1OC. The van der Waals surface area contributed by atoms with Gasteiger partial charge in [-0.3, -0.25) is 4.68 Å². The molecule has 1 aliphatic rings. The van der Waals surface area contributed by atoms with Gasteiger partial charge in [-0.25, -0.2) is 15.0 Å². The van der Waals surface area contributed by atoms with Crippen molar-refractivity contribution in [2.24, 2.45) is 0 Å². The maximum absolute atomic E-state index is 6.72. The fraction of sp³-hybridized carbons (Fsp3) is 0.280. The smallest absolute Gasteiger partial charge is 0.179 e. The number of nitrogens with one attached hydrogen (secondary N) is 1. The Balaban J connectivity index is 1.48. The number of imidazole rings is 1. The summed E-state index contributed by atoms with van der Waals surface area (Å²) < 4.78 is 12.8. The zero-order chi connectivity index (χ0) is 25.5. The summed E-state index contributed by atoms with van der Waals surface area (Å²) in [6.07, 6.45) is 3.88. The molecule has 9 nitrogen and oxygen atoms in total. The van der Waals surface area contributed by atoms with Gasteiger partial charge >= 0.3 is 0 Å². The fourth-order valence-corrected chi connectivity index (χ4v) is 5.85. The third-order valence-electron chi connectivity index (χ3n) is 6.33. The predicted molar refractivity (Wildman–Crippen MR) is 149 cm³/mol. The lowest BCUT2D eigenvalue weighted by molar-refractivity contribution is 0.355. The van der Waals surface area contributed by atoms with Gasteiger partial charge in [0.25, 0.3) is 0 Å². The Morgan fingerprint density at radius 2 is 1.81 bits per heavy atom. The lowest BCUT2D eigenvalue weighted by Gasteiger charge is -2.27. The van der Waals surface area contributed by atoms with Crippen LogP contribution in [0.5, 0.6) is 11.5 Å². The van der Waals surface area contributed by atoms with Crippen LogP contribution >= 0.6 is 35.0 Å². The Morgan fingerprint density at radius 3 is 2.59 bits per heavy atom. The Kier molecular flexibility index (Phi) is 6.48. The van der Waals surface area contributed by atoms with E-state index in [4.69, 9.17) is 42.8 Å². The topological polar surface area (TPSA) is 94.0 Å². The standard InChI is InChI=1S/C25H23Cl2N7O2S/c1-35-19-9-14(17(26)10-20(19)36-2)15-11-28-25(33-5-7-37-8-6-33)23-16(15)12-34(32-23)13-22-29-18-3-4-21(27)30-24(18)31-22/h3-4,9-12H,5-8,13H2,1-2H3,(H,29,30,31). The van der Waals surface area contributed by atoms with Crippen LogP contribution in [0.4, 0.5) is 5.82 Å². The predicted octanol–water partition coefficient (Wildman–Crippen LogP) is 5.30. The Morgan fingerprint density at radius 1 is 1.03 bits per heavy atom. The molecule has 1 aliphatic heterocycles. The first-order chi connectivity index (χ1) is 18.0. The number of pyridine rings is 2. The highest BCUT2D eigenvalue weighted by Gasteiger charge is 2.22. The molecule has 0 bridgehead atoms. The van der Waals surface area contributed by atoms with Gasteiger partial charge in [-0.05, 0) is 18.2 Å². The van der Waals surface area contributed by atoms with Crippen LogP contribution in [0.2, 0.25) is 10.2 Å². The second-order valence-corrected chi connectivity index (χ2v) is 10.6. The minimum Gasteiger partial charge on any atom is -0.493 e. The number of rotatable bonds is 6. The molecule has 0 spiro atoms. The Bertz CT molecular complexity index is 1610. The van der Waals surface area contributed by atoms with Crippen molar-refractivity contribution in [2.45, 2.75) is 6.54 Å². The average Bonchev–Trinajstić information content (AvgIpc) is 3.51. The number of H-pyrrole nitrogens is 1. The summed E-state index contributed by atoms with van der Waals surface area (Å²) in [5.41, 5.74) is 3.86. The van der Waals surface area contributed by atoms with Crippen molar-refractivity contribution in [3.8, 4) is 22.6 Å². The molecule has 1 saturated heterocycles. The van der Waals surface area contributed by atoms with Crippen LogP contribution < -0.4 is 14.4 Å². The maximum Gasteiger partial charge on any atom is 0.179 e. The first-order valence-corrected chi connectivity index (χ1v) is 13.6. The second-order valence-electron chi connectivity index (χ2n) is 8.56. The molecular weight excluding hydrogens is 533 g/mol. The fourth-order valence-electron chi connectivity index (χ4n) is 4.55. The lowest BCUT2D eigenvalue weighted by atomic mass is 10.0. The van der Waals surface area contributed by atoms with Crippen LogP contribution in [-0.4, -0.2) is 68.5 Å². The van der Waals surface area contributed by atoms with Crippen molar-refractivity contribution in [1.29, 1.82) is 0 Å². The quantitative estimate of drug-likeness (QED) is 0.282. The second kappa shape index (κ2) is 9.92. The van der Waals surface area contributed by atoms with E-state index in [1.807, 2.05) is 41.0 Å². The lowest BCUT2D eigenvalue weighted by Crippen LogP contribution is -2.33. The molecule has 5 heterocycles. The van der Waals surface area contributed by atoms with E-state index >= 15 is 0 Å². The number of hydrogen-bond donors (Lipinski definition) is 1. The van der Waals surface area contributed by atoms with Gasteiger partial charge in [-0.2, -0.15) is 16.9 Å². The van der Waals surface area contributed by atoms with Crippen LogP contribution in [0.15, 0.2) is 36.7 Å². The highest BCUT2D eigenvalue weighted by atomic mass is 35.5. The van der Waals surface area contributed by atoms with Gasteiger partial charge in [0.15, 0.2) is 23.0 Å². The van der Waals surface area contributed by atoms with Gasteiger partial charge in [0.05, 0.1) is 31.3 Å². The van der Waals surface area contributed by atoms with Gasteiger partial charge in [-0.15, -0.1) is 0 Å². The van der Waals surface area contributed by atoms with Gasteiger partial charge in [-0.1, -0.05) is 23.2 Å². The normalized spacial score (nSPS) is 14.0. The summed E-state index contributed by atoms with van der Waals surface area (Å²) >= 11 is 14.7. The molecule has 6 rings (SSSR count). The molecule has 0 atom stereocenters.